The van der Waals surface area contributed by atoms with Crippen LogP contribution in [0.1, 0.15) is 12.2 Å². The number of hydrogen-bond donors (Lipinski definition) is 2. The minimum absolute atomic E-state index is 0.0881. The summed E-state index contributed by atoms with van der Waals surface area (Å²) in [7, 11) is 1.56. The van der Waals surface area contributed by atoms with E-state index in [1.54, 1.807) is 48.4 Å². The van der Waals surface area contributed by atoms with E-state index in [0.717, 1.165) is 0 Å². The van der Waals surface area contributed by atoms with Crippen LogP contribution in [0, 0.1) is 5.92 Å². The fourth-order valence-electron chi connectivity index (χ4n) is 2.78. The number of likely N-dealkylation sites (tertiary alicyclic amines) is 1. The van der Waals surface area contributed by atoms with Crippen molar-refractivity contribution in [2.75, 3.05) is 20.3 Å². The molecule has 1 aromatic heterocycles. The van der Waals surface area contributed by atoms with E-state index in [4.69, 9.17) is 13.9 Å². The van der Waals surface area contributed by atoms with Gasteiger partial charge in [-0.2, -0.15) is 0 Å². The van der Waals surface area contributed by atoms with Gasteiger partial charge < -0.3 is 18.8 Å². The number of ether oxygens (including phenoxy) is 2. The van der Waals surface area contributed by atoms with Crippen molar-refractivity contribution in [2.24, 2.45) is 5.92 Å². The Kier molecular flexibility index (Phi) is 6.15. The number of nitrogens with zero attached hydrogens (tertiary/aromatic N) is 1. The predicted molar refractivity (Wildman–Crippen MR) is 97.0 cm³/mol. The van der Waals surface area contributed by atoms with Crippen LogP contribution in [0.4, 0.5) is 0 Å². The third-order valence-electron chi connectivity index (χ3n) is 4.27. The lowest BCUT2D eigenvalue weighted by Crippen LogP contribution is -2.46. The van der Waals surface area contributed by atoms with Crippen LogP contribution in [-0.2, 0) is 20.9 Å². The van der Waals surface area contributed by atoms with E-state index in [1.807, 2.05) is 0 Å². The van der Waals surface area contributed by atoms with Crippen LogP contribution < -0.4 is 20.3 Å². The van der Waals surface area contributed by atoms with Crippen molar-refractivity contribution in [3.63, 3.8) is 0 Å². The number of methoxy groups -OCH3 is 1. The van der Waals surface area contributed by atoms with Gasteiger partial charge in [0, 0.05) is 13.0 Å². The first-order valence-corrected chi connectivity index (χ1v) is 8.71. The van der Waals surface area contributed by atoms with Crippen molar-refractivity contribution in [1.82, 2.24) is 15.8 Å². The number of nitrogens with one attached hydrogen (secondary N) is 2. The SMILES string of the molecule is COc1ccc(OCC(=O)NNC(=O)C2CC(=O)N(Cc3ccco3)C2)cc1. The lowest BCUT2D eigenvalue weighted by atomic mass is 10.1. The normalized spacial score (nSPS) is 16.0. The molecule has 1 aromatic carbocycles. The summed E-state index contributed by atoms with van der Waals surface area (Å²) in [5, 5.41) is 0. The van der Waals surface area contributed by atoms with Crippen LogP contribution in [-0.4, -0.2) is 42.9 Å². The summed E-state index contributed by atoms with van der Waals surface area (Å²) in [4.78, 5) is 37.6. The second kappa shape index (κ2) is 8.94. The Morgan fingerprint density at radius 3 is 2.61 bits per heavy atom. The van der Waals surface area contributed by atoms with Gasteiger partial charge in [-0.05, 0) is 36.4 Å². The van der Waals surface area contributed by atoms with Crippen molar-refractivity contribution < 1.29 is 28.3 Å². The van der Waals surface area contributed by atoms with Gasteiger partial charge in [0.15, 0.2) is 6.61 Å². The van der Waals surface area contributed by atoms with Crippen LogP contribution in [0.2, 0.25) is 0 Å². The molecular formula is C19H21N3O6. The zero-order chi connectivity index (χ0) is 19.9. The van der Waals surface area contributed by atoms with Gasteiger partial charge in [0.1, 0.15) is 17.3 Å². The Balaban J connectivity index is 1.39. The summed E-state index contributed by atoms with van der Waals surface area (Å²) in [5.41, 5.74) is 4.63. The van der Waals surface area contributed by atoms with Gasteiger partial charge in [-0.3, -0.25) is 25.2 Å². The fraction of sp³-hybridized carbons (Fsp3) is 0.316. The zero-order valence-corrected chi connectivity index (χ0v) is 15.3. The summed E-state index contributed by atoms with van der Waals surface area (Å²) in [6.45, 7) is 0.322. The average molecular weight is 387 g/mol. The molecule has 2 N–H and O–H groups in total. The predicted octanol–water partition coefficient (Wildman–Crippen LogP) is 0.863. The molecule has 148 valence electrons. The third-order valence-corrected chi connectivity index (χ3v) is 4.27. The molecule has 0 aliphatic carbocycles. The van der Waals surface area contributed by atoms with Crippen LogP contribution in [0.15, 0.2) is 47.1 Å². The van der Waals surface area contributed by atoms with Gasteiger partial charge in [0.05, 0.1) is 25.8 Å². The molecule has 3 amide bonds. The Morgan fingerprint density at radius 2 is 1.93 bits per heavy atom. The largest absolute Gasteiger partial charge is 0.497 e. The molecule has 3 rings (SSSR count). The zero-order valence-electron chi connectivity index (χ0n) is 15.3. The molecule has 0 spiro atoms. The molecule has 1 aliphatic rings. The number of benzene rings is 1. The number of rotatable bonds is 7. The molecule has 0 bridgehead atoms. The Morgan fingerprint density at radius 1 is 1.18 bits per heavy atom. The topological polar surface area (TPSA) is 110 Å². The highest BCUT2D eigenvalue weighted by atomic mass is 16.5. The molecule has 2 aromatic rings. The van der Waals surface area contributed by atoms with Crippen LogP contribution in [0.25, 0.3) is 0 Å². The minimum Gasteiger partial charge on any atom is -0.497 e. The van der Waals surface area contributed by atoms with E-state index in [2.05, 4.69) is 10.9 Å². The number of hydrazine groups is 1. The first-order valence-electron chi connectivity index (χ1n) is 8.71. The molecule has 28 heavy (non-hydrogen) atoms. The summed E-state index contributed by atoms with van der Waals surface area (Å²) < 4.78 is 15.6. The minimum atomic E-state index is -0.537. The summed E-state index contributed by atoms with van der Waals surface area (Å²) in [5.74, 6) is 0.219. The molecular weight excluding hydrogens is 366 g/mol. The van der Waals surface area contributed by atoms with Gasteiger partial charge in [-0.25, -0.2) is 0 Å². The summed E-state index contributed by atoms with van der Waals surface area (Å²) in [6, 6.07) is 10.3. The first kappa shape index (κ1) is 19.3. The highest BCUT2D eigenvalue weighted by molar-refractivity contribution is 5.90. The van der Waals surface area contributed by atoms with E-state index < -0.39 is 17.7 Å². The van der Waals surface area contributed by atoms with Crippen LogP contribution in [0.3, 0.4) is 0 Å². The molecule has 0 radical (unpaired) electrons. The van der Waals surface area contributed by atoms with Gasteiger partial charge in [-0.1, -0.05) is 0 Å². The monoisotopic (exact) mass is 387 g/mol. The third kappa shape index (κ3) is 5.03. The fourth-order valence-corrected chi connectivity index (χ4v) is 2.78. The standard InChI is InChI=1S/C19H21N3O6/c1-26-14-4-6-15(7-5-14)28-12-17(23)20-21-19(25)13-9-18(24)22(10-13)11-16-3-2-8-27-16/h2-8,13H,9-12H2,1H3,(H,20,23)(H,21,25). The molecule has 1 aliphatic heterocycles. The number of carbonyl (C=O) groups excluding carboxylic acids is 3. The lowest BCUT2D eigenvalue weighted by molar-refractivity contribution is -0.132. The maximum atomic E-state index is 12.2. The molecule has 0 saturated carbocycles. The first-order chi connectivity index (χ1) is 13.5. The van der Waals surface area contributed by atoms with Crippen LogP contribution >= 0.6 is 0 Å². The van der Waals surface area contributed by atoms with Crippen molar-refractivity contribution >= 4 is 17.7 Å². The van der Waals surface area contributed by atoms with E-state index in [-0.39, 0.29) is 25.5 Å². The highest BCUT2D eigenvalue weighted by Gasteiger charge is 2.34. The second-order valence-corrected chi connectivity index (χ2v) is 6.26. The van der Waals surface area contributed by atoms with Gasteiger partial charge in [0.2, 0.25) is 11.8 Å². The molecule has 1 atom stereocenters. The maximum absolute atomic E-state index is 12.2. The Bertz CT molecular complexity index is 819. The Hall–Kier alpha value is -3.49. The van der Waals surface area contributed by atoms with Crippen LogP contribution in [0.5, 0.6) is 11.5 Å². The van der Waals surface area contributed by atoms with Crippen molar-refractivity contribution in [3.8, 4) is 11.5 Å². The van der Waals surface area contributed by atoms with Gasteiger partial charge >= 0.3 is 0 Å². The number of carbonyl (C=O) groups is 3. The second-order valence-electron chi connectivity index (χ2n) is 6.26. The Labute approximate surface area is 161 Å². The molecule has 1 saturated heterocycles. The average Bonchev–Trinajstić information content (AvgIpc) is 3.35. The van der Waals surface area contributed by atoms with E-state index in [9.17, 15) is 14.4 Å². The van der Waals surface area contributed by atoms with Gasteiger partial charge in [-0.15, -0.1) is 0 Å². The lowest BCUT2D eigenvalue weighted by Gasteiger charge is -2.15. The number of amides is 3. The highest BCUT2D eigenvalue weighted by Crippen LogP contribution is 2.20. The van der Waals surface area contributed by atoms with Crippen molar-refractivity contribution in [1.29, 1.82) is 0 Å². The van der Waals surface area contributed by atoms with Crippen molar-refractivity contribution in [2.45, 2.75) is 13.0 Å². The summed E-state index contributed by atoms with van der Waals surface area (Å²) in [6.07, 6.45) is 1.62. The quantitative estimate of drug-likeness (QED) is 0.682. The molecule has 9 nitrogen and oxygen atoms in total. The smallest absolute Gasteiger partial charge is 0.276 e. The van der Waals surface area contributed by atoms with Crippen molar-refractivity contribution in [3.05, 3.63) is 48.4 Å². The van der Waals surface area contributed by atoms with E-state index >= 15 is 0 Å². The molecule has 2 heterocycles. The molecule has 1 fully saturated rings. The van der Waals surface area contributed by atoms with E-state index in [0.29, 0.717) is 23.8 Å². The van der Waals surface area contributed by atoms with E-state index in [1.165, 1.54) is 6.26 Å². The number of hydrogen-bond acceptors (Lipinski definition) is 6. The number of furan rings is 1. The maximum Gasteiger partial charge on any atom is 0.276 e. The van der Waals surface area contributed by atoms with Gasteiger partial charge in [0.25, 0.3) is 5.91 Å². The molecule has 1 unspecified atom stereocenters. The summed E-state index contributed by atoms with van der Waals surface area (Å²) >= 11 is 0. The molecule has 9 heteroatoms.